The lowest BCUT2D eigenvalue weighted by molar-refractivity contribution is -0.384. The van der Waals surface area contributed by atoms with Crippen LogP contribution in [0.3, 0.4) is 0 Å². The average Bonchev–Trinajstić information content (AvgIpc) is 2.79. The third kappa shape index (κ3) is 7.13. The van der Waals surface area contributed by atoms with Crippen molar-refractivity contribution in [1.82, 2.24) is 0 Å². The van der Waals surface area contributed by atoms with E-state index in [1.807, 2.05) is 18.2 Å². The number of benzene rings is 2. The Bertz CT molecular complexity index is 930. The number of nitro groups is 1. The molecule has 184 valence electrons. The number of carbonyl (C=O) groups excluding carboxylic acids is 1. The van der Waals surface area contributed by atoms with Crippen LogP contribution in [0, 0.1) is 10.1 Å². The van der Waals surface area contributed by atoms with E-state index in [-0.39, 0.29) is 11.8 Å². The number of hydrogen-bond donors (Lipinski definition) is 0. The zero-order chi connectivity index (χ0) is 25.3. The van der Waals surface area contributed by atoms with E-state index >= 15 is 0 Å². The van der Waals surface area contributed by atoms with Gasteiger partial charge in [0.1, 0.15) is 6.10 Å². The summed E-state index contributed by atoms with van der Waals surface area (Å²) in [5.41, 5.74) is 5.66. The highest BCUT2D eigenvalue weighted by Crippen LogP contribution is 2.42. The van der Waals surface area contributed by atoms with Gasteiger partial charge in [-0.05, 0) is 53.6 Å². The van der Waals surface area contributed by atoms with Crippen LogP contribution in [0.2, 0.25) is 16.6 Å². The molecule has 2 rings (SSSR count). The zero-order valence-electron chi connectivity index (χ0n) is 21.4. The largest absolute Gasteiger partial charge is 0.455 e. The number of hydrogen-bond acceptors (Lipinski definition) is 4. The molecule has 0 aliphatic rings. The molecule has 0 spiro atoms. The highest BCUT2D eigenvalue weighted by Gasteiger charge is 2.40. The standard InChI is InChI=1S/C28H39NO4Si/c1-21(2)34(22(3)4,23(5)6)20-19-27(14-10-13-24-11-8-7-9-12-24)33-28(30)25-15-17-26(18-16-25)29(31)32/h7-9,11-12,15-23,27H,10,13-14H2,1-6H3/b20-19+/t27-/m1/s1. The Morgan fingerprint density at radius 3 is 2.00 bits per heavy atom. The highest BCUT2D eigenvalue weighted by atomic mass is 28.3. The first-order valence-electron chi connectivity index (χ1n) is 12.3. The number of non-ortho nitro benzene ring substituents is 1. The number of rotatable bonds is 12. The number of nitrogens with zero attached hydrogens (tertiary/aromatic N) is 1. The van der Waals surface area contributed by atoms with Crippen molar-refractivity contribution in [3.63, 3.8) is 0 Å². The normalized spacial score (nSPS) is 13.1. The second-order valence-corrected chi connectivity index (χ2v) is 15.7. The van der Waals surface area contributed by atoms with Crippen LogP contribution in [0.4, 0.5) is 5.69 Å². The van der Waals surface area contributed by atoms with E-state index in [9.17, 15) is 14.9 Å². The summed E-state index contributed by atoms with van der Waals surface area (Å²) in [7, 11) is -1.79. The summed E-state index contributed by atoms with van der Waals surface area (Å²) in [4.78, 5) is 23.3. The Morgan fingerprint density at radius 1 is 0.941 bits per heavy atom. The van der Waals surface area contributed by atoms with Gasteiger partial charge in [-0.3, -0.25) is 10.1 Å². The van der Waals surface area contributed by atoms with Crippen LogP contribution in [0.25, 0.3) is 0 Å². The van der Waals surface area contributed by atoms with Crippen molar-refractivity contribution < 1.29 is 14.5 Å². The molecule has 0 aliphatic carbocycles. The Hall–Kier alpha value is -2.73. The molecule has 5 nitrogen and oxygen atoms in total. The maximum Gasteiger partial charge on any atom is 0.338 e. The molecule has 0 N–H and O–H groups in total. The van der Waals surface area contributed by atoms with E-state index < -0.39 is 19.0 Å². The molecule has 0 bridgehead atoms. The fraction of sp³-hybridized carbons (Fsp3) is 0.464. The van der Waals surface area contributed by atoms with E-state index in [2.05, 4.69) is 65.5 Å². The van der Waals surface area contributed by atoms with Crippen LogP contribution in [0.5, 0.6) is 0 Å². The molecule has 2 aromatic carbocycles. The van der Waals surface area contributed by atoms with Gasteiger partial charge in [0.05, 0.1) is 18.6 Å². The summed E-state index contributed by atoms with van der Waals surface area (Å²) in [6.45, 7) is 13.9. The van der Waals surface area contributed by atoms with Crippen molar-refractivity contribution in [2.24, 2.45) is 0 Å². The maximum atomic E-state index is 12.9. The second kappa shape index (κ2) is 12.7. The quantitative estimate of drug-likeness (QED) is 0.134. The van der Waals surface area contributed by atoms with Crippen LogP contribution in [0.15, 0.2) is 66.4 Å². The van der Waals surface area contributed by atoms with Gasteiger partial charge in [-0.1, -0.05) is 83.6 Å². The van der Waals surface area contributed by atoms with E-state index in [0.29, 0.717) is 22.2 Å². The van der Waals surface area contributed by atoms with E-state index in [4.69, 9.17) is 4.74 Å². The monoisotopic (exact) mass is 481 g/mol. The Balaban J connectivity index is 2.24. The minimum absolute atomic E-state index is 0.0440. The summed E-state index contributed by atoms with van der Waals surface area (Å²) >= 11 is 0. The van der Waals surface area contributed by atoms with Gasteiger partial charge in [-0.2, -0.15) is 0 Å². The van der Waals surface area contributed by atoms with Gasteiger partial charge in [0.15, 0.2) is 0 Å². The Kier molecular flexibility index (Phi) is 10.2. The van der Waals surface area contributed by atoms with Crippen molar-refractivity contribution in [2.45, 2.75) is 83.5 Å². The molecule has 1 atom stereocenters. The predicted molar refractivity (Wildman–Crippen MR) is 142 cm³/mol. The Morgan fingerprint density at radius 2 is 1.50 bits per heavy atom. The molecule has 0 radical (unpaired) electrons. The topological polar surface area (TPSA) is 69.4 Å². The summed E-state index contributed by atoms with van der Waals surface area (Å²) < 4.78 is 5.94. The van der Waals surface area contributed by atoms with Gasteiger partial charge in [-0.15, -0.1) is 0 Å². The van der Waals surface area contributed by atoms with Crippen LogP contribution in [0.1, 0.15) is 70.3 Å². The first-order valence-corrected chi connectivity index (χ1v) is 14.6. The fourth-order valence-electron chi connectivity index (χ4n) is 5.12. The van der Waals surface area contributed by atoms with Gasteiger partial charge < -0.3 is 4.74 Å². The third-order valence-electron chi connectivity index (χ3n) is 6.97. The number of ether oxygens (including phenoxy) is 1. The predicted octanol–water partition coefficient (Wildman–Crippen LogP) is 7.92. The molecule has 0 aliphatic heterocycles. The lowest BCUT2D eigenvalue weighted by atomic mass is 10.1. The molecule has 34 heavy (non-hydrogen) atoms. The minimum atomic E-state index is -1.79. The zero-order valence-corrected chi connectivity index (χ0v) is 22.4. The van der Waals surface area contributed by atoms with Crippen LogP contribution >= 0.6 is 0 Å². The number of carbonyl (C=O) groups is 1. The highest BCUT2D eigenvalue weighted by molar-refractivity contribution is 6.87. The van der Waals surface area contributed by atoms with Crippen molar-refractivity contribution in [1.29, 1.82) is 0 Å². The van der Waals surface area contributed by atoms with Gasteiger partial charge in [-0.25, -0.2) is 4.79 Å². The van der Waals surface area contributed by atoms with Gasteiger partial charge in [0, 0.05) is 12.1 Å². The molecule has 0 saturated heterocycles. The first-order chi connectivity index (χ1) is 16.1. The van der Waals surface area contributed by atoms with Crippen molar-refractivity contribution in [2.75, 3.05) is 0 Å². The van der Waals surface area contributed by atoms with E-state index in [0.717, 1.165) is 19.3 Å². The molecule has 0 heterocycles. The SMILES string of the molecule is CC(C)[Si](/C=C/[C@@H](CCCc1ccccc1)OC(=O)c1ccc([N+](=O)[O-])cc1)(C(C)C)C(C)C. The smallest absolute Gasteiger partial charge is 0.338 e. The number of esters is 1. The summed E-state index contributed by atoms with van der Waals surface area (Å²) in [5.74, 6) is -0.449. The van der Waals surface area contributed by atoms with E-state index in [1.54, 1.807) is 0 Å². The summed E-state index contributed by atoms with van der Waals surface area (Å²) in [5, 5.41) is 10.9. The van der Waals surface area contributed by atoms with Crippen LogP contribution in [-0.2, 0) is 11.2 Å². The molecule has 0 aromatic heterocycles. The first kappa shape index (κ1) is 27.5. The van der Waals surface area contributed by atoms with Crippen molar-refractivity contribution in [3.05, 3.63) is 87.6 Å². The Labute approximate surface area is 205 Å². The number of aryl methyl sites for hydroxylation is 1. The molecular weight excluding hydrogens is 442 g/mol. The summed E-state index contributed by atoms with van der Waals surface area (Å²) in [6.07, 6.45) is 4.33. The van der Waals surface area contributed by atoms with Crippen LogP contribution < -0.4 is 0 Å². The van der Waals surface area contributed by atoms with Crippen molar-refractivity contribution in [3.8, 4) is 0 Å². The van der Waals surface area contributed by atoms with Crippen molar-refractivity contribution >= 4 is 19.7 Å². The molecular formula is C28H39NO4Si. The number of nitro benzene ring substituents is 1. The second-order valence-electron chi connectivity index (χ2n) is 9.95. The molecule has 2 aromatic rings. The fourth-order valence-corrected chi connectivity index (χ4v) is 10.8. The average molecular weight is 482 g/mol. The lowest BCUT2D eigenvalue weighted by Gasteiger charge is -2.41. The molecule has 0 unspecified atom stereocenters. The van der Waals surface area contributed by atoms with Crippen LogP contribution in [-0.4, -0.2) is 25.1 Å². The molecule has 0 fully saturated rings. The maximum absolute atomic E-state index is 12.9. The van der Waals surface area contributed by atoms with Gasteiger partial charge in [0.2, 0.25) is 0 Å². The van der Waals surface area contributed by atoms with E-state index in [1.165, 1.54) is 29.8 Å². The molecule has 0 saturated carbocycles. The van der Waals surface area contributed by atoms with Gasteiger partial charge in [0.25, 0.3) is 5.69 Å². The molecule has 6 heteroatoms. The minimum Gasteiger partial charge on any atom is -0.455 e. The van der Waals surface area contributed by atoms with Gasteiger partial charge >= 0.3 is 5.97 Å². The molecule has 0 amide bonds. The lowest BCUT2D eigenvalue weighted by Crippen LogP contribution is -2.43. The third-order valence-corrected chi connectivity index (χ3v) is 13.7. The summed E-state index contributed by atoms with van der Waals surface area (Å²) in [6, 6.07) is 15.9.